The molecular formula is C22H28N4O2S. The third-order valence-electron chi connectivity index (χ3n) is 5.26. The van der Waals surface area contributed by atoms with E-state index in [9.17, 15) is 9.59 Å². The Morgan fingerprint density at radius 2 is 1.86 bits per heavy atom. The van der Waals surface area contributed by atoms with Gasteiger partial charge in [0.25, 0.3) is 5.56 Å². The summed E-state index contributed by atoms with van der Waals surface area (Å²) in [6.45, 7) is 10.8. The van der Waals surface area contributed by atoms with E-state index in [1.165, 1.54) is 0 Å². The van der Waals surface area contributed by atoms with Crippen LogP contribution in [-0.4, -0.2) is 33.4 Å². The number of nitrogens with zero attached hydrogens (tertiary/aromatic N) is 3. The Hall–Kier alpha value is -2.51. The maximum Gasteiger partial charge on any atom is 0.263 e. The van der Waals surface area contributed by atoms with E-state index in [2.05, 4.69) is 24.1 Å². The lowest BCUT2D eigenvalue weighted by molar-refractivity contribution is -0.121. The van der Waals surface area contributed by atoms with E-state index in [-0.39, 0.29) is 18.0 Å². The number of hydrogen-bond donors (Lipinski definition) is 1. The number of carbonyl (C=O) groups excluding carboxylic acids is 1. The first-order valence-electron chi connectivity index (χ1n) is 9.96. The van der Waals surface area contributed by atoms with Crippen LogP contribution in [0.1, 0.15) is 35.7 Å². The number of aryl methyl sites for hydroxylation is 2. The first-order chi connectivity index (χ1) is 13.9. The summed E-state index contributed by atoms with van der Waals surface area (Å²) in [5, 5.41) is 3.54. The van der Waals surface area contributed by atoms with Gasteiger partial charge in [-0.25, -0.2) is 4.98 Å². The van der Waals surface area contributed by atoms with Crippen molar-refractivity contribution in [2.45, 2.75) is 47.3 Å². The fraction of sp³-hybridized carbons (Fsp3) is 0.409. The molecule has 3 rings (SSSR count). The summed E-state index contributed by atoms with van der Waals surface area (Å²) in [5.41, 5.74) is 1.85. The Morgan fingerprint density at radius 3 is 2.52 bits per heavy atom. The van der Waals surface area contributed by atoms with Crippen molar-refractivity contribution in [3.8, 4) is 0 Å². The van der Waals surface area contributed by atoms with Crippen molar-refractivity contribution >= 4 is 27.5 Å². The Balaban J connectivity index is 1.92. The minimum absolute atomic E-state index is 0.0282. The van der Waals surface area contributed by atoms with E-state index in [4.69, 9.17) is 4.98 Å². The Labute approximate surface area is 175 Å². The van der Waals surface area contributed by atoms with Crippen molar-refractivity contribution in [3.63, 3.8) is 0 Å². The molecule has 0 aliphatic heterocycles. The lowest BCUT2D eigenvalue weighted by Crippen LogP contribution is -2.36. The minimum atomic E-state index is -0.192. The highest BCUT2D eigenvalue weighted by Crippen LogP contribution is 2.26. The van der Waals surface area contributed by atoms with Crippen LogP contribution in [0.25, 0.3) is 10.2 Å². The van der Waals surface area contributed by atoms with Crippen LogP contribution in [0.4, 0.5) is 0 Å². The summed E-state index contributed by atoms with van der Waals surface area (Å²) in [7, 11) is 0. The smallest absolute Gasteiger partial charge is 0.263 e. The largest absolute Gasteiger partial charge is 0.350 e. The molecule has 0 radical (unpaired) electrons. The van der Waals surface area contributed by atoms with E-state index in [1.54, 1.807) is 15.9 Å². The molecule has 0 bridgehead atoms. The number of fused-ring (bicyclic) bond motifs is 1. The highest BCUT2D eigenvalue weighted by Gasteiger charge is 2.19. The molecule has 29 heavy (non-hydrogen) atoms. The molecule has 0 unspecified atom stereocenters. The predicted molar refractivity (Wildman–Crippen MR) is 118 cm³/mol. The van der Waals surface area contributed by atoms with Gasteiger partial charge < -0.3 is 5.32 Å². The van der Waals surface area contributed by atoms with Crippen molar-refractivity contribution in [2.24, 2.45) is 0 Å². The molecule has 0 aliphatic rings. The van der Waals surface area contributed by atoms with Gasteiger partial charge in [0, 0.05) is 11.4 Å². The number of carbonyl (C=O) groups is 1. The quantitative estimate of drug-likeness (QED) is 0.617. The third kappa shape index (κ3) is 4.74. The highest BCUT2D eigenvalue weighted by atomic mass is 32.1. The van der Waals surface area contributed by atoms with Gasteiger partial charge in [-0.1, -0.05) is 44.2 Å². The normalized spacial score (nSPS) is 11.3. The Kier molecular flexibility index (Phi) is 6.82. The van der Waals surface area contributed by atoms with Crippen molar-refractivity contribution in [1.82, 2.24) is 19.8 Å². The van der Waals surface area contributed by atoms with Crippen LogP contribution >= 0.6 is 11.3 Å². The van der Waals surface area contributed by atoms with Gasteiger partial charge in [-0.05, 0) is 38.1 Å². The van der Waals surface area contributed by atoms with E-state index in [0.717, 1.165) is 33.9 Å². The second kappa shape index (κ2) is 9.33. The van der Waals surface area contributed by atoms with Crippen molar-refractivity contribution in [2.75, 3.05) is 13.1 Å². The van der Waals surface area contributed by atoms with Gasteiger partial charge in [-0.15, -0.1) is 11.3 Å². The topological polar surface area (TPSA) is 67.2 Å². The summed E-state index contributed by atoms with van der Waals surface area (Å²) in [5.74, 6) is 0.449. The van der Waals surface area contributed by atoms with Crippen LogP contribution in [0.3, 0.4) is 0 Å². The Bertz CT molecular complexity index is 1050. The van der Waals surface area contributed by atoms with Gasteiger partial charge in [-0.2, -0.15) is 0 Å². The molecule has 6 nitrogen and oxygen atoms in total. The van der Waals surface area contributed by atoms with E-state index in [0.29, 0.717) is 24.3 Å². The zero-order valence-electron chi connectivity index (χ0n) is 17.5. The van der Waals surface area contributed by atoms with E-state index >= 15 is 0 Å². The molecule has 1 aromatic carbocycles. The molecular weight excluding hydrogens is 384 g/mol. The molecule has 0 spiro atoms. The summed E-state index contributed by atoms with van der Waals surface area (Å²) < 4.78 is 1.54. The van der Waals surface area contributed by atoms with Crippen LogP contribution in [0.15, 0.2) is 35.1 Å². The molecule has 3 aromatic rings. The van der Waals surface area contributed by atoms with Gasteiger partial charge in [0.1, 0.15) is 17.2 Å². The van der Waals surface area contributed by atoms with E-state index < -0.39 is 0 Å². The first-order valence-corrected chi connectivity index (χ1v) is 10.8. The van der Waals surface area contributed by atoms with Gasteiger partial charge in [0.15, 0.2) is 0 Å². The molecule has 1 N–H and O–H groups in total. The van der Waals surface area contributed by atoms with Gasteiger partial charge >= 0.3 is 0 Å². The second-order valence-electron chi connectivity index (χ2n) is 7.11. The number of aromatic nitrogens is 2. The maximum absolute atomic E-state index is 13.3. The fourth-order valence-corrected chi connectivity index (χ4v) is 4.34. The monoisotopic (exact) mass is 412 g/mol. The number of amides is 1. The summed E-state index contributed by atoms with van der Waals surface area (Å²) in [6.07, 6.45) is 0. The molecule has 7 heteroatoms. The number of thiophene rings is 1. The second-order valence-corrected chi connectivity index (χ2v) is 8.31. The zero-order chi connectivity index (χ0) is 21.0. The standard InChI is InChI=1S/C22H28N4O2S/c1-5-25(6-2)13-18-24-21-20(15(3)16(4)29-21)22(28)26(18)14-19(27)23-12-17-10-8-7-9-11-17/h7-11H,5-6,12-14H2,1-4H3,(H,23,27). The van der Waals surface area contributed by atoms with Gasteiger partial charge in [0.2, 0.25) is 5.91 Å². The zero-order valence-corrected chi connectivity index (χ0v) is 18.3. The molecule has 0 atom stereocenters. The van der Waals surface area contributed by atoms with Crippen LogP contribution in [0, 0.1) is 13.8 Å². The van der Waals surface area contributed by atoms with Gasteiger partial charge in [0.05, 0.1) is 11.9 Å². The summed E-state index contributed by atoms with van der Waals surface area (Å²) >= 11 is 1.54. The minimum Gasteiger partial charge on any atom is -0.350 e. The van der Waals surface area contributed by atoms with E-state index in [1.807, 2.05) is 44.2 Å². The predicted octanol–water partition coefficient (Wildman–Crippen LogP) is 3.23. The highest BCUT2D eigenvalue weighted by molar-refractivity contribution is 7.18. The molecule has 0 fully saturated rings. The lowest BCUT2D eigenvalue weighted by Gasteiger charge is -2.20. The molecule has 0 aliphatic carbocycles. The molecule has 0 saturated carbocycles. The molecule has 0 saturated heterocycles. The molecule has 2 aromatic heterocycles. The average molecular weight is 413 g/mol. The maximum atomic E-state index is 13.3. The van der Waals surface area contributed by atoms with Crippen molar-refractivity contribution in [3.05, 3.63) is 62.5 Å². The number of nitrogens with one attached hydrogen (secondary N) is 1. The summed E-state index contributed by atoms with van der Waals surface area (Å²) in [6, 6.07) is 9.74. The van der Waals surface area contributed by atoms with Crippen molar-refractivity contribution in [1.29, 1.82) is 0 Å². The van der Waals surface area contributed by atoms with Crippen LogP contribution < -0.4 is 10.9 Å². The fourth-order valence-electron chi connectivity index (χ4n) is 3.30. The van der Waals surface area contributed by atoms with Crippen LogP contribution in [0.2, 0.25) is 0 Å². The van der Waals surface area contributed by atoms with Gasteiger partial charge in [-0.3, -0.25) is 19.1 Å². The van der Waals surface area contributed by atoms with Crippen LogP contribution in [0.5, 0.6) is 0 Å². The van der Waals surface area contributed by atoms with Crippen molar-refractivity contribution < 1.29 is 4.79 Å². The third-order valence-corrected chi connectivity index (χ3v) is 6.36. The first kappa shape index (κ1) is 21.2. The number of rotatable bonds is 8. The number of hydrogen-bond acceptors (Lipinski definition) is 5. The number of benzene rings is 1. The molecule has 2 heterocycles. The summed E-state index contributed by atoms with van der Waals surface area (Å²) in [4.78, 5) is 34.7. The molecule has 1 amide bonds. The SMILES string of the molecule is CCN(CC)Cc1nc2sc(C)c(C)c2c(=O)n1CC(=O)NCc1ccccc1. The Morgan fingerprint density at radius 1 is 1.17 bits per heavy atom. The molecule has 154 valence electrons. The average Bonchev–Trinajstić information content (AvgIpc) is 3.01. The lowest BCUT2D eigenvalue weighted by atomic mass is 10.2. The van der Waals surface area contributed by atoms with Crippen LogP contribution in [-0.2, 0) is 24.4 Å².